The Hall–Kier alpha value is -2.61. The number of fused-ring (bicyclic) bond motifs is 1. The van der Waals surface area contributed by atoms with Gasteiger partial charge in [0.15, 0.2) is 6.10 Å². The quantitative estimate of drug-likeness (QED) is 0.485. The highest BCUT2D eigenvalue weighted by Gasteiger charge is 2.35. The third-order valence-electron chi connectivity index (χ3n) is 5.11. The number of thiazole rings is 1. The molecule has 2 amide bonds. The van der Waals surface area contributed by atoms with E-state index in [0.29, 0.717) is 33.6 Å². The second kappa shape index (κ2) is 9.10. The summed E-state index contributed by atoms with van der Waals surface area (Å²) in [7, 11) is 0. The van der Waals surface area contributed by atoms with E-state index < -0.39 is 6.10 Å². The van der Waals surface area contributed by atoms with Crippen molar-refractivity contribution in [3.05, 3.63) is 56.3 Å². The number of ether oxygens (including phenoxy) is 1. The molecule has 1 atom stereocenters. The highest BCUT2D eigenvalue weighted by atomic mass is 35.5. The maximum Gasteiger partial charge on any atom is 0.268 e. The van der Waals surface area contributed by atoms with Gasteiger partial charge in [0, 0.05) is 16.1 Å². The Morgan fingerprint density at radius 2 is 1.97 bits per heavy atom. The lowest BCUT2D eigenvalue weighted by atomic mass is 10.1. The third kappa shape index (κ3) is 4.46. The molecule has 6 nitrogen and oxygen atoms in total. The van der Waals surface area contributed by atoms with Gasteiger partial charge in [0.25, 0.3) is 5.91 Å². The fourth-order valence-corrected chi connectivity index (χ4v) is 4.75. The van der Waals surface area contributed by atoms with E-state index in [1.165, 1.54) is 4.90 Å². The van der Waals surface area contributed by atoms with Gasteiger partial charge in [-0.05, 0) is 56.7 Å². The number of halogens is 2. The van der Waals surface area contributed by atoms with E-state index >= 15 is 0 Å². The number of amides is 2. The van der Waals surface area contributed by atoms with Gasteiger partial charge in [0.2, 0.25) is 5.91 Å². The molecule has 32 heavy (non-hydrogen) atoms. The number of rotatable bonds is 5. The number of aromatic nitrogens is 1. The maximum absolute atomic E-state index is 13.1. The van der Waals surface area contributed by atoms with Crippen LogP contribution >= 0.6 is 34.5 Å². The lowest BCUT2D eigenvalue weighted by Crippen LogP contribution is -2.48. The minimum absolute atomic E-state index is 0.162. The summed E-state index contributed by atoms with van der Waals surface area (Å²) in [6, 6.07) is 10.4. The highest BCUT2D eigenvalue weighted by molar-refractivity contribution is 7.11. The van der Waals surface area contributed by atoms with Crippen LogP contribution in [0.2, 0.25) is 10.0 Å². The van der Waals surface area contributed by atoms with Gasteiger partial charge >= 0.3 is 0 Å². The van der Waals surface area contributed by atoms with Crippen molar-refractivity contribution in [1.82, 2.24) is 4.98 Å². The van der Waals surface area contributed by atoms with Crippen LogP contribution < -0.4 is 15.0 Å². The summed E-state index contributed by atoms with van der Waals surface area (Å²) >= 11 is 13.6. The molecule has 166 valence electrons. The van der Waals surface area contributed by atoms with Crippen molar-refractivity contribution in [3.8, 4) is 17.0 Å². The summed E-state index contributed by atoms with van der Waals surface area (Å²) in [6.45, 7) is 5.68. The highest BCUT2D eigenvalue weighted by Crippen LogP contribution is 2.39. The second-order valence-corrected chi connectivity index (χ2v) is 9.66. The van der Waals surface area contributed by atoms with Crippen LogP contribution in [0.5, 0.6) is 5.75 Å². The number of nitrogens with one attached hydrogen (secondary N) is 1. The van der Waals surface area contributed by atoms with Crippen molar-refractivity contribution in [2.24, 2.45) is 0 Å². The fourth-order valence-electron chi connectivity index (χ4n) is 3.61. The number of aryl methyl sites for hydroxylation is 2. The Morgan fingerprint density at radius 1 is 1.19 bits per heavy atom. The Labute approximate surface area is 200 Å². The molecular formula is C23H21Cl2N3O3S. The van der Waals surface area contributed by atoms with Gasteiger partial charge in [0.05, 0.1) is 26.4 Å². The van der Waals surface area contributed by atoms with E-state index in [1.807, 2.05) is 39.0 Å². The summed E-state index contributed by atoms with van der Waals surface area (Å²) in [5.41, 5.74) is 2.78. The van der Waals surface area contributed by atoms with Crippen LogP contribution in [0.3, 0.4) is 0 Å². The van der Waals surface area contributed by atoms with Crippen LogP contribution in [0.15, 0.2) is 36.4 Å². The van der Waals surface area contributed by atoms with Crippen LogP contribution in [0, 0.1) is 13.8 Å². The SMILES string of the molecule is CCC1Oc2ccc(-c3nc(C)sc3C)cc2N(CC(=O)Nc2ccc(Cl)c(Cl)c2)C1=O. The Morgan fingerprint density at radius 3 is 2.62 bits per heavy atom. The summed E-state index contributed by atoms with van der Waals surface area (Å²) in [4.78, 5) is 33.1. The van der Waals surface area contributed by atoms with Crippen molar-refractivity contribution < 1.29 is 14.3 Å². The molecule has 1 N–H and O–H groups in total. The van der Waals surface area contributed by atoms with E-state index in [4.69, 9.17) is 27.9 Å². The van der Waals surface area contributed by atoms with Crippen LogP contribution in [0.25, 0.3) is 11.3 Å². The van der Waals surface area contributed by atoms with E-state index in [-0.39, 0.29) is 18.4 Å². The monoisotopic (exact) mass is 489 g/mol. The lowest BCUT2D eigenvalue weighted by molar-refractivity contribution is -0.128. The standard InChI is InChI=1S/C23H21Cl2N3O3S/c1-4-19-23(30)28(11-21(29)27-15-6-7-16(24)17(25)10-15)18-9-14(5-8-20(18)31-19)22-12(2)32-13(3)26-22/h5-10,19H,4,11H2,1-3H3,(H,27,29). The minimum atomic E-state index is -0.644. The fraction of sp³-hybridized carbons (Fsp3) is 0.261. The van der Waals surface area contributed by atoms with E-state index in [9.17, 15) is 9.59 Å². The van der Waals surface area contributed by atoms with Crippen LogP contribution in [0.4, 0.5) is 11.4 Å². The summed E-state index contributed by atoms with van der Waals surface area (Å²) in [6.07, 6.45) is -0.149. The zero-order valence-corrected chi connectivity index (χ0v) is 20.1. The number of carbonyl (C=O) groups excluding carboxylic acids is 2. The molecule has 1 aromatic heterocycles. The Balaban J connectivity index is 1.65. The maximum atomic E-state index is 13.1. The number of hydrogen-bond acceptors (Lipinski definition) is 5. The van der Waals surface area contributed by atoms with E-state index in [1.54, 1.807) is 29.5 Å². The van der Waals surface area contributed by atoms with Gasteiger partial charge in [-0.2, -0.15) is 0 Å². The molecule has 0 fully saturated rings. The molecule has 0 saturated heterocycles. The van der Waals surface area contributed by atoms with E-state index in [2.05, 4.69) is 10.3 Å². The largest absolute Gasteiger partial charge is 0.478 e. The van der Waals surface area contributed by atoms with Gasteiger partial charge in [-0.15, -0.1) is 11.3 Å². The van der Waals surface area contributed by atoms with Gasteiger partial charge in [-0.25, -0.2) is 4.98 Å². The molecule has 2 aromatic carbocycles. The first-order chi connectivity index (χ1) is 15.3. The van der Waals surface area contributed by atoms with Crippen LogP contribution in [-0.2, 0) is 9.59 Å². The summed E-state index contributed by atoms with van der Waals surface area (Å²) < 4.78 is 5.91. The molecule has 1 unspecified atom stereocenters. The molecule has 1 aliphatic heterocycles. The molecule has 4 rings (SSSR count). The number of anilines is 2. The van der Waals surface area contributed by atoms with E-state index in [0.717, 1.165) is 21.1 Å². The average molecular weight is 490 g/mol. The summed E-state index contributed by atoms with van der Waals surface area (Å²) in [5, 5.41) is 4.47. The molecule has 2 heterocycles. The molecule has 9 heteroatoms. The van der Waals surface area contributed by atoms with Gasteiger partial charge in [-0.1, -0.05) is 30.1 Å². The normalized spacial score (nSPS) is 15.3. The number of hydrogen-bond donors (Lipinski definition) is 1. The average Bonchev–Trinajstić information content (AvgIpc) is 3.10. The molecule has 0 bridgehead atoms. The van der Waals surface area contributed by atoms with Gasteiger partial charge in [0.1, 0.15) is 12.3 Å². The predicted molar refractivity (Wildman–Crippen MR) is 129 cm³/mol. The summed E-state index contributed by atoms with van der Waals surface area (Å²) in [5.74, 6) is -0.0507. The predicted octanol–water partition coefficient (Wildman–Crippen LogP) is 5.88. The number of benzene rings is 2. The zero-order valence-electron chi connectivity index (χ0n) is 17.7. The molecule has 1 aliphatic rings. The van der Waals surface area contributed by atoms with Crippen molar-refractivity contribution >= 4 is 57.7 Å². The topological polar surface area (TPSA) is 71.5 Å². The number of nitrogens with zero attached hydrogens (tertiary/aromatic N) is 2. The third-order valence-corrected chi connectivity index (χ3v) is 6.74. The zero-order chi connectivity index (χ0) is 23.0. The molecule has 0 aliphatic carbocycles. The molecule has 3 aromatic rings. The Bertz CT molecular complexity index is 1210. The minimum Gasteiger partial charge on any atom is -0.478 e. The van der Waals surface area contributed by atoms with Crippen LogP contribution in [-0.4, -0.2) is 29.4 Å². The van der Waals surface area contributed by atoms with Gasteiger partial charge in [-0.3, -0.25) is 14.5 Å². The Kier molecular flexibility index (Phi) is 6.42. The number of carbonyl (C=O) groups is 2. The van der Waals surface area contributed by atoms with Crippen molar-refractivity contribution in [2.45, 2.75) is 33.3 Å². The van der Waals surface area contributed by atoms with Gasteiger partial charge < -0.3 is 10.1 Å². The molecule has 0 radical (unpaired) electrons. The second-order valence-electron chi connectivity index (χ2n) is 7.44. The first kappa shape index (κ1) is 22.6. The smallest absolute Gasteiger partial charge is 0.268 e. The molecular weight excluding hydrogens is 469 g/mol. The van der Waals surface area contributed by atoms with Crippen LogP contribution in [0.1, 0.15) is 23.2 Å². The first-order valence-electron chi connectivity index (χ1n) is 10.1. The molecule has 0 saturated carbocycles. The van der Waals surface area contributed by atoms with Crippen molar-refractivity contribution in [3.63, 3.8) is 0 Å². The molecule has 0 spiro atoms. The lowest BCUT2D eigenvalue weighted by Gasteiger charge is -2.34. The first-order valence-corrected chi connectivity index (χ1v) is 11.7. The van der Waals surface area contributed by atoms with Crippen molar-refractivity contribution in [1.29, 1.82) is 0 Å². The van der Waals surface area contributed by atoms with Crippen molar-refractivity contribution in [2.75, 3.05) is 16.8 Å².